The Hall–Kier alpha value is -5.61. The van der Waals surface area contributed by atoms with E-state index in [1.807, 2.05) is 12.1 Å². The predicted octanol–water partition coefficient (Wildman–Crippen LogP) is 10.6. The highest BCUT2D eigenvalue weighted by molar-refractivity contribution is 6.09. The summed E-state index contributed by atoms with van der Waals surface area (Å²) in [5.74, 6) is 0.636. The average molecular weight is 556 g/mol. The van der Waals surface area contributed by atoms with Gasteiger partial charge in [-0.1, -0.05) is 67.6 Å². The molecule has 0 saturated heterocycles. The van der Waals surface area contributed by atoms with Gasteiger partial charge in [-0.3, -0.25) is 0 Å². The Labute approximate surface area is 250 Å². The molecule has 6 aromatic carbocycles. The van der Waals surface area contributed by atoms with Crippen molar-refractivity contribution in [2.24, 2.45) is 0 Å². The molecule has 0 fully saturated rings. The molecule has 0 spiro atoms. The molecule has 43 heavy (non-hydrogen) atoms. The third kappa shape index (κ3) is 4.36. The van der Waals surface area contributed by atoms with E-state index in [1.165, 1.54) is 27.4 Å². The molecule has 0 N–H and O–H groups in total. The molecule has 4 heteroatoms. The molecule has 0 bridgehead atoms. The summed E-state index contributed by atoms with van der Waals surface area (Å²) in [5.41, 5.74) is 10.7. The molecule has 0 aliphatic rings. The first-order valence-electron chi connectivity index (χ1n) is 14.7. The standard InChI is InChI=1S/C39H29N3O/c1-2-27-16-25-38-35(26-27)40-39(43-38)28-17-19-30(20-18-28)41(29-10-4-3-5-11-29)31-21-23-32(24-22-31)42-36-14-8-6-12-33(36)34-13-7-9-15-37(34)42/h3-26H,2H2,1H3. The van der Waals surface area contributed by atoms with Gasteiger partial charge < -0.3 is 13.9 Å². The van der Waals surface area contributed by atoms with Gasteiger partial charge in [-0.15, -0.1) is 0 Å². The number of nitrogens with zero attached hydrogens (tertiary/aromatic N) is 3. The fraction of sp³-hybridized carbons (Fsp3) is 0.0513. The van der Waals surface area contributed by atoms with E-state index in [4.69, 9.17) is 9.40 Å². The summed E-state index contributed by atoms with van der Waals surface area (Å²) in [7, 11) is 0. The Balaban J connectivity index is 1.18. The van der Waals surface area contributed by atoms with Gasteiger partial charge in [0, 0.05) is 39.1 Å². The molecule has 206 valence electrons. The van der Waals surface area contributed by atoms with Crippen molar-refractivity contribution in [1.82, 2.24) is 9.55 Å². The van der Waals surface area contributed by atoms with Gasteiger partial charge in [-0.25, -0.2) is 4.98 Å². The molecule has 8 aromatic rings. The highest BCUT2D eigenvalue weighted by atomic mass is 16.3. The Kier molecular flexibility index (Phi) is 6.04. The maximum absolute atomic E-state index is 6.11. The van der Waals surface area contributed by atoms with E-state index in [0.717, 1.165) is 45.8 Å². The van der Waals surface area contributed by atoms with Crippen molar-refractivity contribution in [2.45, 2.75) is 13.3 Å². The number of para-hydroxylation sites is 3. The first-order chi connectivity index (χ1) is 21.3. The molecule has 8 rings (SSSR count). The molecule has 2 heterocycles. The highest BCUT2D eigenvalue weighted by Crippen LogP contribution is 2.37. The molecule has 0 atom stereocenters. The minimum atomic E-state index is 0.636. The Morgan fingerprint density at radius 2 is 1.19 bits per heavy atom. The maximum atomic E-state index is 6.11. The van der Waals surface area contributed by atoms with Gasteiger partial charge in [-0.05, 0) is 96.9 Å². The molecule has 0 aliphatic heterocycles. The fourth-order valence-corrected chi connectivity index (χ4v) is 6.05. The molecular formula is C39H29N3O. The maximum Gasteiger partial charge on any atom is 0.227 e. The lowest BCUT2D eigenvalue weighted by Gasteiger charge is -2.26. The SMILES string of the molecule is CCc1ccc2oc(-c3ccc(N(c4ccccc4)c4ccc(-n5c6ccccc6c6ccccc65)cc4)cc3)nc2c1. The van der Waals surface area contributed by atoms with Crippen molar-refractivity contribution >= 4 is 50.0 Å². The smallest absolute Gasteiger partial charge is 0.227 e. The quantitative estimate of drug-likeness (QED) is 0.205. The van der Waals surface area contributed by atoms with E-state index in [0.29, 0.717) is 5.89 Å². The third-order valence-electron chi connectivity index (χ3n) is 8.19. The summed E-state index contributed by atoms with van der Waals surface area (Å²) in [6, 6.07) is 51.2. The fourth-order valence-electron chi connectivity index (χ4n) is 6.05. The normalized spacial score (nSPS) is 11.5. The van der Waals surface area contributed by atoms with Crippen molar-refractivity contribution in [3.63, 3.8) is 0 Å². The van der Waals surface area contributed by atoms with Crippen molar-refractivity contribution in [2.75, 3.05) is 4.90 Å². The molecule has 2 aromatic heterocycles. The number of anilines is 3. The number of aryl methyl sites for hydroxylation is 1. The molecule has 0 radical (unpaired) electrons. The van der Waals surface area contributed by atoms with Crippen LogP contribution in [0.5, 0.6) is 0 Å². The van der Waals surface area contributed by atoms with Crippen LogP contribution in [0.2, 0.25) is 0 Å². The molecule has 0 aliphatic carbocycles. The summed E-state index contributed by atoms with van der Waals surface area (Å²) < 4.78 is 8.45. The van der Waals surface area contributed by atoms with E-state index in [9.17, 15) is 0 Å². The number of hydrogen-bond donors (Lipinski definition) is 0. The van der Waals surface area contributed by atoms with Gasteiger partial charge in [0.25, 0.3) is 0 Å². The second-order valence-corrected chi connectivity index (χ2v) is 10.8. The van der Waals surface area contributed by atoms with Gasteiger partial charge >= 0.3 is 0 Å². The van der Waals surface area contributed by atoms with Crippen LogP contribution in [0, 0.1) is 0 Å². The van der Waals surface area contributed by atoms with Crippen molar-refractivity contribution in [3.05, 3.63) is 151 Å². The molecule has 0 saturated carbocycles. The molecule has 0 amide bonds. The summed E-state index contributed by atoms with van der Waals surface area (Å²) >= 11 is 0. The first-order valence-corrected chi connectivity index (χ1v) is 14.7. The van der Waals surface area contributed by atoms with Crippen LogP contribution in [0.25, 0.3) is 50.0 Å². The van der Waals surface area contributed by atoms with Crippen LogP contribution in [-0.4, -0.2) is 9.55 Å². The molecule has 4 nitrogen and oxygen atoms in total. The lowest BCUT2D eigenvalue weighted by atomic mass is 10.1. The average Bonchev–Trinajstić information content (AvgIpc) is 3.65. The predicted molar refractivity (Wildman–Crippen MR) is 178 cm³/mol. The zero-order valence-corrected chi connectivity index (χ0v) is 23.8. The van der Waals surface area contributed by atoms with Crippen LogP contribution in [0.15, 0.2) is 150 Å². The van der Waals surface area contributed by atoms with Crippen molar-refractivity contribution in [3.8, 4) is 17.1 Å². The van der Waals surface area contributed by atoms with Crippen LogP contribution >= 0.6 is 0 Å². The van der Waals surface area contributed by atoms with E-state index >= 15 is 0 Å². The Bertz CT molecular complexity index is 2160. The van der Waals surface area contributed by atoms with Gasteiger partial charge in [0.1, 0.15) is 5.52 Å². The second-order valence-electron chi connectivity index (χ2n) is 10.8. The van der Waals surface area contributed by atoms with Gasteiger partial charge in [-0.2, -0.15) is 0 Å². The van der Waals surface area contributed by atoms with Crippen LogP contribution in [-0.2, 0) is 6.42 Å². The minimum Gasteiger partial charge on any atom is -0.436 e. The van der Waals surface area contributed by atoms with Crippen LogP contribution in [0.1, 0.15) is 12.5 Å². The van der Waals surface area contributed by atoms with E-state index in [-0.39, 0.29) is 0 Å². The van der Waals surface area contributed by atoms with Gasteiger partial charge in [0.05, 0.1) is 11.0 Å². The highest BCUT2D eigenvalue weighted by Gasteiger charge is 2.16. The summed E-state index contributed by atoms with van der Waals surface area (Å²) in [6.07, 6.45) is 0.974. The molecular weight excluding hydrogens is 526 g/mol. The van der Waals surface area contributed by atoms with Crippen LogP contribution in [0.4, 0.5) is 17.1 Å². The topological polar surface area (TPSA) is 34.2 Å². The number of fused-ring (bicyclic) bond motifs is 4. The van der Waals surface area contributed by atoms with E-state index in [1.54, 1.807) is 0 Å². The van der Waals surface area contributed by atoms with Gasteiger partial charge in [0.15, 0.2) is 5.58 Å². The number of aromatic nitrogens is 2. The Morgan fingerprint density at radius 1 is 0.605 bits per heavy atom. The zero-order chi connectivity index (χ0) is 28.8. The number of hydrogen-bond acceptors (Lipinski definition) is 3. The zero-order valence-electron chi connectivity index (χ0n) is 23.8. The number of rotatable bonds is 6. The minimum absolute atomic E-state index is 0.636. The monoisotopic (exact) mass is 555 g/mol. The summed E-state index contributed by atoms with van der Waals surface area (Å²) in [4.78, 5) is 7.05. The first kappa shape index (κ1) is 25.1. The summed E-state index contributed by atoms with van der Waals surface area (Å²) in [5, 5.41) is 2.52. The number of oxazole rings is 1. The number of benzene rings is 6. The summed E-state index contributed by atoms with van der Waals surface area (Å²) in [6.45, 7) is 2.15. The van der Waals surface area contributed by atoms with Crippen molar-refractivity contribution in [1.29, 1.82) is 0 Å². The van der Waals surface area contributed by atoms with Gasteiger partial charge in [0.2, 0.25) is 5.89 Å². The molecule has 0 unspecified atom stereocenters. The van der Waals surface area contributed by atoms with E-state index < -0.39 is 0 Å². The Morgan fingerprint density at radius 3 is 1.84 bits per heavy atom. The van der Waals surface area contributed by atoms with Crippen molar-refractivity contribution < 1.29 is 4.42 Å². The third-order valence-corrected chi connectivity index (χ3v) is 8.19. The lowest BCUT2D eigenvalue weighted by molar-refractivity contribution is 0.620. The van der Waals surface area contributed by atoms with Crippen LogP contribution < -0.4 is 4.90 Å². The second kappa shape index (κ2) is 10.3. The lowest BCUT2D eigenvalue weighted by Crippen LogP contribution is -2.10. The van der Waals surface area contributed by atoms with E-state index in [2.05, 4.69) is 150 Å². The largest absolute Gasteiger partial charge is 0.436 e. The van der Waals surface area contributed by atoms with Crippen LogP contribution in [0.3, 0.4) is 0 Å².